The van der Waals surface area contributed by atoms with Crippen LogP contribution in [0.5, 0.6) is 0 Å². The molecule has 6 heteroatoms. The lowest BCUT2D eigenvalue weighted by Crippen LogP contribution is -2.46. The zero-order chi connectivity index (χ0) is 41.0. The van der Waals surface area contributed by atoms with E-state index in [-0.39, 0.29) is 24.9 Å². The van der Waals surface area contributed by atoms with Crippen LogP contribution >= 0.6 is 0 Å². The van der Waals surface area contributed by atoms with Gasteiger partial charge in [-0.1, -0.05) is 198 Å². The lowest BCUT2D eigenvalue weighted by atomic mass is 10.0. The van der Waals surface area contributed by atoms with Crippen LogP contribution in [0, 0.1) is 0 Å². The van der Waals surface area contributed by atoms with Crippen LogP contribution in [0.1, 0.15) is 245 Å². The number of rotatable bonds is 43. The van der Waals surface area contributed by atoms with Crippen LogP contribution < -0.4 is 5.32 Å². The van der Waals surface area contributed by atoms with Crippen molar-refractivity contribution in [2.75, 3.05) is 6.61 Å². The highest BCUT2D eigenvalue weighted by atomic mass is 16.5. The third-order valence-corrected chi connectivity index (χ3v) is 11.0. The highest BCUT2D eigenvalue weighted by Gasteiger charge is 2.24. The molecule has 3 atom stereocenters. The van der Waals surface area contributed by atoms with Gasteiger partial charge in [0.15, 0.2) is 0 Å². The van der Waals surface area contributed by atoms with Gasteiger partial charge < -0.3 is 20.3 Å². The molecule has 0 aromatic rings. The van der Waals surface area contributed by atoms with E-state index in [1.165, 1.54) is 116 Å². The summed E-state index contributed by atoms with van der Waals surface area (Å²) in [5.41, 5.74) is 0. The lowest BCUT2D eigenvalue weighted by Gasteiger charge is -2.24. The first-order valence-electron chi connectivity index (χ1n) is 24.2. The number of carbonyl (C=O) groups is 2. The van der Waals surface area contributed by atoms with Crippen molar-refractivity contribution >= 4 is 11.9 Å². The van der Waals surface area contributed by atoms with E-state index in [0.29, 0.717) is 19.3 Å². The molecule has 56 heavy (non-hydrogen) atoms. The minimum absolute atomic E-state index is 0.0579. The maximum atomic E-state index is 13.1. The summed E-state index contributed by atoms with van der Waals surface area (Å²) in [6.07, 6.45) is 50.6. The summed E-state index contributed by atoms with van der Waals surface area (Å²) in [4.78, 5) is 26.0. The average Bonchev–Trinajstić information content (AvgIpc) is 3.19. The van der Waals surface area contributed by atoms with Gasteiger partial charge in [0.2, 0.25) is 5.91 Å². The van der Waals surface area contributed by atoms with Crippen LogP contribution in [-0.2, 0) is 14.3 Å². The summed E-state index contributed by atoms with van der Waals surface area (Å²) in [7, 11) is 0. The minimum Gasteiger partial charge on any atom is -0.462 e. The van der Waals surface area contributed by atoms with Gasteiger partial charge in [-0.15, -0.1) is 0 Å². The van der Waals surface area contributed by atoms with E-state index in [4.69, 9.17) is 4.74 Å². The number of aliphatic hydroxyl groups is 2. The molecule has 3 unspecified atom stereocenters. The van der Waals surface area contributed by atoms with E-state index >= 15 is 0 Å². The van der Waals surface area contributed by atoms with Crippen LogP contribution in [-0.4, -0.2) is 46.9 Å². The summed E-state index contributed by atoms with van der Waals surface area (Å²) in [6, 6.07) is -0.708. The lowest BCUT2D eigenvalue weighted by molar-refractivity contribution is -0.151. The van der Waals surface area contributed by atoms with Crippen molar-refractivity contribution < 1.29 is 24.5 Å². The average molecular weight is 788 g/mol. The summed E-state index contributed by atoms with van der Waals surface area (Å²) >= 11 is 0. The van der Waals surface area contributed by atoms with Crippen LogP contribution in [0.4, 0.5) is 0 Å². The van der Waals surface area contributed by atoms with Gasteiger partial charge in [0.05, 0.1) is 25.2 Å². The number of carbonyl (C=O) groups excluding carboxylic acids is 2. The molecule has 0 saturated heterocycles. The topological polar surface area (TPSA) is 95.9 Å². The fourth-order valence-electron chi connectivity index (χ4n) is 7.25. The number of allylic oxidation sites excluding steroid dienone is 6. The Morgan fingerprint density at radius 2 is 0.946 bits per heavy atom. The van der Waals surface area contributed by atoms with E-state index in [1.54, 1.807) is 0 Å². The molecular weight excluding hydrogens is 695 g/mol. The molecule has 0 aromatic heterocycles. The zero-order valence-corrected chi connectivity index (χ0v) is 37.3. The van der Waals surface area contributed by atoms with Crippen molar-refractivity contribution in [3.05, 3.63) is 36.5 Å². The largest absolute Gasteiger partial charge is 0.462 e. The molecule has 0 spiro atoms. The van der Waals surface area contributed by atoms with Crippen molar-refractivity contribution in [2.45, 2.75) is 264 Å². The molecule has 0 bridgehead atoms. The normalized spacial score (nSPS) is 13.6. The molecule has 328 valence electrons. The first-order valence-corrected chi connectivity index (χ1v) is 24.2. The van der Waals surface area contributed by atoms with Gasteiger partial charge in [-0.25, -0.2) is 0 Å². The van der Waals surface area contributed by atoms with Crippen molar-refractivity contribution in [2.24, 2.45) is 0 Å². The van der Waals surface area contributed by atoms with Crippen LogP contribution in [0.25, 0.3) is 0 Å². The number of hydrogen-bond acceptors (Lipinski definition) is 5. The van der Waals surface area contributed by atoms with Gasteiger partial charge in [-0.2, -0.15) is 0 Å². The smallest absolute Gasteiger partial charge is 0.306 e. The van der Waals surface area contributed by atoms with Gasteiger partial charge in [0.1, 0.15) is 6.10 Å². The van der Waals surface area contributed by atoms with Crippen LogP contribution in [0.3, 0.4) is 0 Å². The number of nitrogens with one attached hydrogen (secondary N) is 1. The minimum atomic E-state index is -0.793. The standard InChI is InChI=1S/C50H93NO5/c1-4-7-10-13-16-19-22-23-24-25-26-28-29-32-35-38-41-46(56-50(55)43-40-37-34-31-21-18-15-12-9-6-3)44-49(54)51-47(45-52)48(53)42-39-36-33-30-27-20-17-14-11-8-5-2/h12,15,24-26,28,46-48,52-53H,4-11,13-14,16-23,27,29-45H2,1-3H3,(H,51,54)/b15-12-,25-24+,28-26+. The molecule has 0 saturated carbocycles. The van der Waals surface area contributed by atoms with E-state index < -0.39 is 18.2 Å². The molecule has 0 aromatic carbocycles. The third kappa shape index (κ3) is 38.9. The van der Waals surface area contributed by atoms with Gasteiger partial charge in [0.25, 0.3) is 0 Å². The first-order chi connectivity index (χ1) is 27.5. The molecule has 0 aliphatic carbocycles. The molecule has 0 aliphatic heterocycles. The zero-order valence-electron chi connectivity index (χ0n) is 37.3. The molecule has 3 N–H and O–H groups in total. The second-order valence-corrected chi connectivity index (χ2v) is 16.5. The summed E-state index contributed by atoms with van der Waals surface area (Å²) in [5.74, 6) is -0.509. The molecule has 0 heterocycles. The Balaban J connectivity index is 4.63. The van der Waals surface area contributed by atoms with E-state index in [1.807, 2.05) is 0 Å². The molecular formula is C50H93NO5. The Hall–Kier alpha value is -1.92. The molecule has 0 radical (unpaired) electrons. The highest BCUT2D eigenvalue weighted by molar-refractivity contribution is 5.77. The second-order valence-electron chi connectivity index (χ2n) is 16.5. The fourth-order valence-corrected chi connectivity index (χ4v) is 7.25. The number of unbranched alkanes of at least 4 members (excludes halogenated alkanes) is 26. The van der Waals surface area contributed by atoms with Gasteiger partial charge in [-0.05, 0) is 70.6 Å². The van der Waals surface area contributed by atoms with Gasteiger partial charge in [-0.3, -0.25) is 9.59 Å². The number of aliphatic hydroxyl groups excluding tert-OH is 2. The quantitative estimate of drug-likeness (QED) is 0.0247. The van der Waals surface area contributed by atoms with E-state index in [9.17, 15) is 19.8 Å². The number of hydrogen-bond donors (Lipinski definition) is 3. The highest BCUT2D eigenvalue weighted by Crippen LogP contribution is 2.17. The number of ether oxygens (including phenoxy) is 1. The molecule has 6 nitrogen and oxygen atoms in total. The Labute approximate surface area is 347 Å². The Bertz CT molecular complexity index is 930. The van der Waals surface area contributed by atoms with Crippen molar-refractivity contribution in [3.63, 3.8) is 0 Å². The third-order valence-electron chi connectivity index (χ3n) is 11.0. The van der Waals surface area contributed by atoms with Gasteiger partial charge >= 0.3 is 5.97 Å². The predicted molar refractivity (Wildman–Crippen MR) is 241 cm³/mol. The maximum absolute atomic E-state index is 13.1. The Morgan fingerprint density at radius 1 is 0.518 bits per heavy atom. The number of amides is 1. The first kappa shape index (κ1) is 54.1. The van der Waals surface area contributed by atoms with E-state index in [2.05, 4.69) is 62.5 Å². The molecule has 0 fully saturated rings. The van der Waals surface area contributed by atoms with Crippen molar-refractivity contribution in [1.29, 1.82) is 0 Å². The maximum Gasteiger partial charge on any atom is 0.306 e. The van der Waals surface area contributed by atoms with Crippen molar-refractivity contribution in [3.8, 4) is 0 Å². The predicted octanol–water partition coefficient (Wildman–Crippen LogP) is 14.1. The molecule has 1 amide bonds. The SMILES string of the molecule is CCC/C=C\CCCCCCCC(=O)OC(CCCCC/C=C/C=C/CCCCCCCCC)CC(=O)NC(CO)C(O)CCCCCCCCCCCCC. The Kier molecular flexibility index (Phi) is 42.7. The summed E-state index contributed by atoms with van der Waals surface area (Å²) in [6.45, 7) is 6.40. The number of esters is 1. The van der Waals surface area contributed by atoms with Gasteiger partial charge in [0, 0.05) is 6.42 Å². The fraction of sp³-hybridized carbons (Fsp3) is 0.840. The second kappa shape index (κ2) is 44.2. The van der Waals surface area contributed by atoms with Crippen molar-refractivity contribution in [1.82, 2.24) is 5.32 Å². The monoisotopic (exact) mass is 788 g/mol. The van der Waals surface area contributed by atoms with Crippen LogP contribution in [0.2, 0.25) is 0 Å². The molecule has 0 aliphatic rings. The van der Waals surface area contributed by atoms with Crippen LogP contribution in [0.15, 0.2) is 36.5 Å². The Morgan fingerprint density at radius 3 is 1.46 bits per heavy atom. The summed E-state index contributed by atoms with van der Waals surface area (Å²) < 4.78 is 5.89. The van der Waals surface area contributed by atoms with E-state index in [0.717, 1.165) is 83.5 Å². The summed E-state index contributed by atoms with van der Waals surface area (Å²) in [5, 5.41) is 23.7. The molecule has 0 rings (SSSR count).